The smallest absolute Gasteiger partial charge is 0.314 e. The molecule has 12 heteroatoms. The summed E-state index contributed by atoms with van der Waals surface area (Å²) in [4.78, 5) is 16.6. The van der Waals surface area contributed by atoms with Crippen LogP contribution in [-0.2, 0) is 18.5 Å². The molecule has 2 amide bonds. The number of carbonyl (C=O) groups is 1. The molecule has 2 aromatic carbocycles. The summed E-state index contributed by atoms with van der Waals surface area (Å²) >= 11 is 6.63. The summed E-state index contributed by atoms with van der Waals surface area (Å²) in [5.41, 5.74) is 5.37. The van der Waals surface area contributed by atoms with Crippen molar-refractivity contribution in [2.75, 3.05) is 19.7 Å². The number of nitrogens with one attached hydrogen (secondary N) is 3. The zero-order valence-electron chi connectivity index (χ0n) is 26.3. The highest BCUT2D eigenvalue weighted by molar-refractivity contribution is 6.31. The van der Waals surface area contributed by atoms with Crippen molar-refractivity contribution < 1.29 is 35.1 Å². The van der Waals surface area contributed by atoms with Gasteiger partial charge in [0.15, 0.2) is 0 Å². The lowest BCUT2D eigenvalue weighted by atomic mass is 9.94. The van der Waals surface area contributed by atoms with Crippen molar-refractivity contribution in [1.29, 1.82) is 0 Å². The second-order valence-corrected chi connectivity index (χ2v) is 12.9. The maximum Gasteiger partial charge on any atom is 0.314 e. The van der Waals surface area contributed by atoms with E-state index in [1.54, 1.807) is 0 Å². The predicted octanol–water partition coefficient (Wildman–Crippen LogP) is 2.78. The molecule has 1 heterocycles. The number of aliphatic hydroxyl groups excluding tert-OH is 5. The van der Waals surface area contributed by atoms with Gasteiger partial charge in [-0.2, -0.15) is 0 Å². The van der Waals surface area contributed by atoms with Crippen LogP contribution in [0.1, 0.15) is 55.2 Å². The Balaban J connectivity index is 1.09. The molecule has 3 aromatic rings. The lowest BCUT2D eigenvalue weighted by Gasteiger charge is -2.25. The molecule has 0 aliphatic heterocycles. The first-order valence-corrected chi connectivity index (χ1v) is 16.7. The Kier molecular flexibility index (Phi) is 12.1. The van der Waals surface area contributed by atoms with Gasteiger partial charge in [0.1, 0.15) is 24.1 Å². The van der Waals surface area contributed by atoms with Gasteiger partial charge in [-0.25, -0.2) is 4.79 Å². The Hall–Kier alpha value is -3.29. The van der Waals surface area contributed by atoms with Crippen molar-refractivity contribution in [2.24, 2.45) is 0 Å². The first kappa shape index (κ1) is 35.0. The maximum atomic E-state index is 12.1. The zero-order chi connectivity index (χ0) is 33.4. The first-order chi connectivity index (χ1) is 22.7. The number of pyridine rings is 1. The fraction of sp³-hybridized carbons (Fsp3) is 0.486. The molecule has 0 bridgehead atoms. The van der Waals surface area contributed by atoms with Crippen LogP contribution < -0.4 is 20.7 Å². The highest BCUT2D eigenvalue weighted by atomic mass is 35.5. The van der Waals surface area contributed by atoms with E-state index in [1.165, 1.54) is 5.56 Å². The lowest BCUT2D eigenvalue weighted by molar-refractivity contribution is -0.113. The molecule has 2 aliphatic carbocycles. The molecular formula is C35H45ClN4O7. The summed E-state index contributed by atoms with van der Waals surface area (Å²) in [6, 6.07) is 15.8. The number of benzene rings is 2. The van der Waals surface area contributed by atoms with Crippen LogP contribution in [-0.4, -0.2) is 86.8 Å². The molecule has 254 valence electrons. The van der Waals surface area contributed by atoms with Crippen LogP contribution in [0.4, 0.5) is 4.79 Å². The van der Waals surface area contributed by atoms with Gasteiger partial charge in [-0.05, 0) is 85.4 Å². The fourth-order valence-electron chi connectivity index (χ4n) is 5.62. The Morgan fingerprint density at radius 2 is 1.74 bits per heavy atom. The van der Waals surface area contributed by atoms with E-state index in [9.17, 15) is 25.2 Å². The number of unbranched alkanes of at least 4 members (excludes halogenated alkanes) is 1. The molecule has 0 radical (unpaired) electrons. The van der Waals surface area contributed by atoms with Gasteiger partial charge in [0.25, 0.3) is 0 Å². The van der Waals surface area contributed by atoms with Crippen LogP contribution in [0.15, 0.2) is 60.9 Å². The van der Waals surface area contributed by atoms with Gasteiger partial charge in [-0.3, -0.25) is 4.98 Å². The number of carbonyl (C=O) groups excluding carboxylic acids is 1. The second kappa shape index (κ2) is 16.2. The number of amides is 2. The van der Waals surface area contributed by atoms with Crippen molar-refractivity contribution in [3.8, 4) is 16.9 Å². The third kappa shape index (κ3) is 9.41. The summed E-state index contributed by atoms with van der Waals surface area (Å²) in [6.07, 6.45) is 4.08. The fourth-order valence-corrected chi connectivity index (χ4v) is 5.80. The van der Waals surface area contributed by atoms with E-state index in [-0.39, 0.29) is 12.1 Å². The van der Waals surface area contributed by atoms with Gasteiger partial charge >= 0.3 is 6.03 Å². The Bertz CT molecular complexity index is 1490. The molecule has 8 N–H and O–H groups in total. The highest BCUT2D eigenvalue weighted by Crippen LogP contribution is 2.50. The van der Waals surface area contributed by atoms with Gasteiger partial charge in [-0.15, -0.1) is 0 Å². The maximum absolute atomic E-state index is 12.1. The number of aliphatic hydroxyl groups is 5. The molecular weight excluding hydrogens is 624 g/mol. The zero-order valence-corrected chi connectivity index (χ0v) is 27.1. The molecule has 2 fully saturated rings. The van der Waals surface area contributed by atoms with Crippen LogP contribution in [0, 0.1) is 0 Å². The van der Waals surface area contributed by atoms with Gasteiger partial charge < -0.3 is 46.2 Å². The number of urea groups is 1. The highest BCUT2D eigenvalue weighted by Gasteiger charge is 2.46. The SMILES string of the molecule is O=C(NCCCCc1ccc(Cl)c(CNC2(c3cnccc3-c3ccccc3OC3CC3)CC2)c1)NC[C@@H](O)[C@H](O)[C@@H](O)[C@@H](O)CO. The third-order valence-electron chi connectivity index (χ3n) is 8.78. The third-order valence-corrected chi connectivity index (χ3v) is 9.15. The molecule has 1 aromatic heterocycles. The molecule has 11 nitrogen and oxygen atoms in total. The average molecular weight is 669 g/mol. The minimum absolute atomic E-state index is 0.184. The Morgan fingerprint density at radius 3 is 2.49 bits per heavy atom. The molecule has 2 aliphatic rings. The largest absolute Gasteiger partial charge is 0.490 e. The molecule has 47 heavy (non-hydrogen) atoms. The van der Waals surface area contributed by atoms with E-state index < -0.39 is 37.1 Å². The van der Waals surface area contributed by atoms with Crippen LogP contribution >= 0.6 is 11.6 Å². The van der Waals surface area contributed by atoms with E-state index in [0.29, 0.717) is 24.2 Å². The Labute approximate surface area is 280 Å². The number of nitrogens with zero attached hydrogens (tertiary/aromatic N) is 1. The number of para-hydroxylation sites is 1. The molecule has 0 saturated heterocycles. The number of aryl methyl sites for hydroxylation is 1. The van der Waals surface area contributed by atoms with E-state index in [1.807, 2.05) is 42.7 Å². The van der Waals surface area contributed by atoms with Gasteiger partial charge in [0, 0.05) is 48.2 Å². The van der Waals surface area contributed by atoms with Crippen molar-refractivity contribution in [3.63, 3.8) is 0 Å². The lowest BCUT2D eigenvalue weighted by Crippen LogP contribution is -2.50. The van der Waals surface area contributed by atoms with Crippen molar-refractivity contribution in [3.05, 3.63) is 82.6 Å². The predicted molar refractivity (Wildman–Crippen MR) is 178 cm³/mol. The molecule has 2 saturated carbocycles. The van der Waals surface area contributed by atoms with Crippen molar-refractivity contribution in [1.82, 2.24) is 20.9 Å². The van der Waals surface area contributed by atoms with E-state index >= 15 is 0 Å². The topological polar surface area (TPSA) is 176 Å². The van der Waals surface area contributed by atoms with Gasteiger partial charge in [0.2, 0.25) is 0 Å². The van der Waals surface area contributed by atoms with Crippen LogP contribution in [0.25, 0.3) is 11.1 Å². The number of hydrogen-bond donors (Lipinski definition) is 8. The summed E-state index contributed by atoms with van der Waals surface area (Å²) in [7, 11) is 0. The summed E-state index contributed by atoms with van der Waals surface area (Å²) in [5.74, 6) is 0.913. The van der Waals surface area contributed by atoms with Gasteiger partial charge in [0.05, 0.1) is 18.8 Å². The van der Waals surface area contributed by atoms with E-state index in [4.69, 9.17) is 21.4 Å². The molecule has 4 atom stereocenters. The van der Waals surface area contributed by atoms with Crippen LogP contribution in [0.3, 0.4) is 0 Å². The average Bonchev–Trinajstić information content (AvgIpc) is 4.04. The van der Waals surface area contributed by atoms with E-state index in [2.05, 4.69) is 39.1 Å². The minimum atomic E-state index is -1.74. The number of halogens is 1. The number of hydrogen-bond acceptors (Lipinski definition) is 9. The number of ether oxygens (including phenoxy) is 1. The van der Waals surface area contributed by atoms with Crippen LogP contribution in [0.5, 0.6) is 5.75 Å². The van der Waals surface area contributed by atoms with E-state index in [0.717, 1.165) is 72.9 Å². The standard InChI is InChI=1S/C35H45ClN4O7/c36-28-11-8-22(5-3-4-15-38-34(46)39-20-29(42)32(44)33(45)30(43)21-41)17-23(28)18-40-35(13-14-35)27-19-37-16-12-25(27)26-6-1-2-7-31(26)47-24-9-10-24/h1-2,6-8,11-12,16-17,19,24,29-30,32-33,40-45H,3-5,9-10,13-15,18,20-21H2,(H2,38,39,46)/t29-,30+,32+,33+/m1/s1. The minimum Gasteiger partial charge on any atom is -0.490 e. The van der Waals surface area contributed by atoms with Crippen molar-refractivity contribution >= 4 is 17.6 Å². The summed E-state index contributed by atoms with van der Waals surface area (Å²) in [5, 5.41) is 57.3. The Morgan fingerprint density at radius 1 is 0.979 bits per heavy atom. The molecule has 0 spiro atoms. The monoisotopic (exact) mass is 668 g/mol. The van der Waals surface area contributed by atoms with Crippen LogP contribution in [0.2, 0.25) is 5.02 Å². The quantitative estimate of drug-likeness (QED) is 0.0948. The molecule has 5 rings (SSSR count). The number of rotatable bonds is 18. The first-order valence-electron chi connectivity index (χ1n) is 16.3. The van der Waals surface area contributed by atoms with Crippen molar-refractivity contribution in [2.45, 2.75) is 87.5 Å². The summed E-state index contributed by atoms with van der Waals surface area (Å²) in [6.45, 7) is -0.0920. The van der Waals surface area contributed by atoms with Gasteiger partial charge in [-0.1, -0.05) is 41.9 Å². The number of aromatic nitrogens is 1. The normalized spacial score (nSPS) is 17.7. The second-order valence-electron chi connectivity index (χ2n) is 12.5. The molecule has 0 unspecified atom stereocenters. The summed E-state index contributed by atoms with van der Waals surface area (Å²) < 4.78 is 6.24.